The summed E-state index contributed by atoms with van der Waals surface area (Å²) in [6, 6.07) is 6.92. The van der Waals surface area contributed by atoms with Crippen molar-refractivity contribution in [3.05, 3.63) is 39.9 Å². The first kappa shape index (κ1) is 10.7. The lowest BCUT2D eigenvalue weighted by Gasteiger charge is -2.17. The fourth-order valence-electron chi connectivity index (χ4n) is 1.41. The first-order valence-electron chi connectivity index (χ1n) is 4.62. The molecule has 14 heavy (non-hydrogen) atoms. The molecule has 0 aliphatic rings. The van der Waals surface area contributed by atoms with Crippen molar-refractivity contribution >= 4 is 5.69 Å². The molecule has 0 amide bonds. The zero-order valence-corrected chi connectivity index (χ0v) is 8.78. The van der Waals surface area contributed by atoms with Gasteiger partial charge in [0.1, 0.15) is 0 Å². The van der Waals surface area contributed by atoms with Crippen LogP contribution in [0, 0.1) is 15.5 Å². The third kappa shape index (κ3) is 2.83. The zero-order chi connectivity index (χ0) is 10.8. The number of nitro groups is 1. The molecule has 0 bridgehead atoms. The number of rotatable bonds is 2. The van der Waals surface area contributed by atoms with Crippen LogP contribution >= 0.6 is 0 Å². The van der Waals surface area contributed by atoms with Gasteiger partial charge in [0.05, 0.1) is 4.92 Å². The van der Waals surface area contributed by atoms with Gasteiger partial charge in [-0.15, -0.1) is 0 Å². The van der Waals surface area contributed by atoms with Gasteiger partial charge in [0.2, 0.25) is 0 Å². The summed E-state index contributed by atoms with van der Waals surface area (Å²) in [6.45, 7) is 6.22. The standard InChI is InChI=1S/C11H15NO2/c1-11(2,3)8-9-6-4-5-7-10(9)12(13)14/h4-7H,8H2,1-3H3. The van der Waals surface area contributed by atoms with Gasteiger partial charge in [-0.25, -0.2) is 0 Å². The number of para-hydroxylation sites is 1. The van der Waals surface area contributed by atoms with E-state index in [2.05, 4.69) is 20.8 Å². The fraction of sp³-hybridized carbons (Fsp3) is 0.455. The Bertz CT molecular complexity index is 339. The van der Waals surface area contributed by atoms with Crippen molar-refractivity contribution in [2.75, 3.05) is 0 Å². The molecule has 0 aliphatic heterocycles. The van der Waals surface area contributed by atoms with Crippen LogP contribution < -0.4 is 0 Å². The normalized spacial score (nSPS) is 11.4. The Hall–Kier alpha value is -1.38. The van der Waals surface area contributed by atoms with Crippen LogP contribution in [0.2, 0.25) is 0 Å². The topological polar surface area (TPSA) is 43.1 Å². The molecule has 1 rings (SSSR count). The maximum absolute atomic E-state index is 10.7. The summed E-state index contributed by atoms with van der Waals surface area (Å²) in [6.07, 6.45) is 0.726. The van der Waals surface area contributed by atoms with E-state index in [4.69, 9.17) is 0 Å². The van der Waals surface area contributed by atoms with Gasteiger partial charge < -0.3 is 0 Å². The van der Waals surface area contributed by atoms with Gasteiger partial charge in [0.25, 0.3) is 5.69 Å². The molecule has 0 aromatic heterocycles. The number of nitrogens with zero attached hydrogens (tertiary/aromatic N) is 1. The smallest absolute Gasteiger partial charge is 0.258 e. The summed E-state index contributed by atoms with van der Waals surface area (Å²) in [5.74, 6) is 0. The van der Waals surface area contributed by atoms with E-state index in [1.807, 2.05) is 12.1 Å². The van der Waals surface area contributed by atoms with Gasteiger partial charge in [0.15, 0.2) is 0 Å². The van der Waals surface area contributed by atoms with Crippen molar-refractivity contribution in [3.63, 3.8) is 0 Å². The van der Waals surface area contributed by atoms with Gasteiger partial charge in [0, 0.05) is 11.6 Å². The predicted octanol–water partition coefficient (Wildman–Crippen LogP) is 3.18. The third-order valence-electron chi connectivity index (χ3n) is 1.91. The van der Waals surface area contributed by atoms with Crippen LogP contribution in [-0.2, 0) is 6.42 Å². The number of nitro benzene ring substituents is 1. The summed E-state index contributed by atoms with van der Waals surface area (Å²) >= 11 is 0. The average Bonchev–Trinajstić information content (AvgIpc) is 2.01. The second kappa shape index (κ2) is 3.78. The molecule has 1 aromatic carbocycles. The quantitative estimate of drug-likeness (QED) is 0.534. The molecule has 0 heterocycles. The van der Waals surface area contributed by atoms with Crippen LogP contribution in [0.4, 0.5) is 5.69 Å². The maximum atomic E-state index is 10.7. The molecule has 0 saturated heterocycles. The SMILES string of the molecule is CC(C)(C)Cc1ccccc1[N+](=O)[O-]. The molecule has 0 fully saturated rings. The monoisotopic (exact) mass is 193 g/mol. The van der Waals surface area contributed by atoms with E-state index >= 15 is 0 Å². The summed E-state index contributed by atoms with van der Waals surface area (Å²) in [7, 11) is 0. The second-order valence-corrected chi connectivity index (χ2v) is 4.62. The molecule has 3 heteroatoms. The van der Waals surface area contributed by atoms with Gasteiger partial charge in [-0.2, -0.15) is 0 Å². The van der Waals surface area contributed by atoms with Crippen LogP contribution in [0.3, 0.4) is 0 Å². The lowest BCUT2D eigenvalue weighted by molar-refractivity contribution is -0.385. The fourth-order valence-corrected chi connectivity index (χ4v) is 1.41. The van der Waals surface area contributed by atoms with Gasteiger partial charge in [-0.05, 0) is 11.8 Å². The minimum atomic E-state index is -0.318. The van der Waals surface area contributed by atoms with E-state index in [9.17, 15) is 10.1 Å². The van der Waals surface area contributed by atoms with Crippen LogP contribution in [0.5, 0.6) is 0 Å². The molecule has 0 unspecified atom stereocenters. The summed E-state index contributed by atoms with van der Waals surface area (Å²) in [5, 5.41) is 10.7. The Morgan fingerprint density at radius 3 is 2.36 bits per heavy atom. The van der Waals surface area contributed by atoms with Gasteiger partial charge in [-0.1, -0.05) is 39.0 Å². The van der Waals surface area contributed by atoms with Crippen molar-refractivity contribution in [2.24, 2.45) is 5.41 Å². The number of hydrogen-bond donors (Lipinski definition) is 0. The van der Waals surface area contributed by atoms with E-state index in [1.54, 1.807) is 12.1 Å². The Labute approximate surface area is 83.9 Å². The van der Waals surface area contributed by atoms with E-state index in [0.717, 1.165) is 12.0 Å². The lowest BCUT2D eigenvalue weighted by atomic mass is 9.87. The highest BCUT2D eigenvalue weighted by Crippen LogP contribution is 2.26. The van der Waals surface area contributed by atoms with Crippen LogP contribution in [0.15, 0.2) is 24.3 Å². The summed E-state index contributed by atoms with van der Waals surface area (Å²) < 4.78 is 0. The highest BCUT2D eigenvalue weighted by Gasteiger charge is 2.18. The van der Waals surface area contributed by atoms with Crippen molar-refractivity contribution in [1.29, 1.82) is 0 Å². The minimum absolute atomic E-state index is 0.0755. The number of benzene rings is 1. The molecular formula is C11H15NO2. The van der Waals surface area contributed by atoms with E-state index in [0.29, 0.717) is 0 Å². The van der Waals surface area contributed by atoms with Gasteiger partial charge >= 0.3 is 0 Å². The summed E-state index contributed by atoms with van der Waals surface area (Å²) in [4.78, 5) is 10.4. The van der Waals surface area contributed by atoms with E-state index in [-0.39, 0.29) is 16.0 Å². The molecule has 0 radical (unpaired) electrons. The number of hydrogen-bond acceptors (Lipinski definition) is 2. The molecule has 0 spiro atoms. The maximum Gasteiger partial charge on any atom is 0.272 e. The average molecular weight is 193 g/mol. The van der Waals surface area contributed by atoms with Crippen molar-refractivity contribution in [1.82, 2.24) is 0 Å². The van der Waals surface area contributed by atoms with Crippen molar-refractivity contribution in [3.8, 4) is 0 Å². The highest BCUT2D eigenvalue weighted by atomic mass is 16.6. The van der Waals surface area contributed by atoms with Crippen molar-refractivity contribution in [2.45, 2.75) is 27.2 Å². The van der Waals surface area contributed by atoms with Crippen LogP contribution in [0.1, 0.15) is 26.3 Å². The minimum Gasteiger partial charge on any atom is -0.258 e. The van der Waals surface area contributed by atoms with Crippen LogP contribution in [0.25, 0.3) is 0 Å². The lowest BCUT2D eigenvalue weighted by Crippen LogP contribution is -2.10. The third-order valence-corrected chi connectivity index (χ3v) is 1.91. The Kier molecular flexibility index (Phi) is 2.89. The molecule has 76 valence electrons. The first-order valence-corrected chi connectivity index (χ1v) is 4.62. The Morgan fingerprint density at radius 1 is 1.29 bits per heavy atom. The summed E-state index contributed by atoms with van der Waals surface area (Å²) in [5.41, 5.74) is 1.11. The van der Waals surface area contributed by atoms with Crippen molar-refractivity contribution < 1.29 is 4.92 Å². The molecule has 0 aliphatic carbocycles. The molecule has 0 saturated carbocycles. The molecular weight excluding hydrogens is 178 g/mol. The molecule has 0 N–H and O–H groups in total. The van der Waals surface area contributed by atoms with Crippen LogP contribution in [-0.4, -0.2) is 4.92 Å². The Morgan fingerprint density at radius 2 is 1.86 bits per heavy atom. The van der Waals surface area contributed by atoms with Gasteiger partial charge in [-0.3, -0.25) is 10.1 Å². The molecule has 3 nitrogen and oxygen atoms in total. The Balaban J connectivity index is 3.02. The molecule has 0 atom stereocenters. The molecule has 1 aromatic rings. The predicted molar refractivity (Wildman–Crippen MR) is 56.3 cm³/mol. The second-order valence-electron chi connectivity index (χ2n) is 4.62. The zero-order valence-electron chi connectivity index (χ0n) is 8.78. The largest absolute Gasteiger partial charge is 0.272 e. The van der Waals surface area contributed by atoms with E-state index < -0.39 is 0 Å². The highest BCUT2D eigenvalue weighted by molar-refractivity contribution is 5.40. The first-order chi connectivity index (χ1) is 6.40. The van der Waals surface area contributed by atoms with E-state index in [1.165, 1.54) is 0 Å².